The Labute approximate surface area is 172 Å². The van der Waals surface area contributed by atoms with Gasteiger partial charge >= 0.3 is 0 Å². The maximum absolute atomic E-state index is 12.8. The van der Waals surface area contributed by atoms with Crippen LogP contribution in [0.25, 0.3) is 0 Å². The van der Waals surface area contributed by atoms with Crippen LogP contribution in [0.15, 0.2) is 67.3 Å². The second-order valence-electron chi connectivity index (χ2n) is 7.54. The van der Waals surface area contributed by atoms with E-state index in [9.17, 15) is 4.79 Å². The van der Waals surface area contributed by atoms with Crippen molar-refractivity contribution >= 4 is 5.91 Å². The quantitative estimate of drug-likeness (QED) is 0.590. The van der Waals surface area contributed by atoms with E-state index >= 15 is 0 Å². The zero-order chi connectivity index (χ0) is 20.7. The highest BCUT2D eigenvalue weighted by atomic mass is 16.1. The molecule has 3 rings (SSSR count). The van der Waals surface area contributed by atoms with E-state index in [1.807, 2.05) is 44.3 Å². The molecule has 3 aromatic rings. The van der Waals surface area contributed by atoms with Crippen LogP contribution < -0.4 is 11.1 Å². The Bertz CT molecular complexity index is 923. The lowest BCUT2D eigenvalue weighted by Gasteiger charge is -2.33. The van der Waals surface area contributed by atoms with Crippen LogP contribution >= 0.6 is 0 Å². The van der Waals surface area contributed by atoms with E-state index in [1.54, 1.807) is 18.6 Å². The van der Waals surface area contributed by atoms with Gasteiger partial charge in [-0.1, -0.05) is 35.4 Å². The molecule has 150 valence electrons. The third kappa shape index (κ3) is 5.27. The normalized spacial score (nSPS) is 13.0. The highest BCUT2D eigenvalue weighted by Crippen LogP contribution is 2.29. The van der Waals surface area contributed by atoms with Crippen LogP contribution in [0.4, 0.5) is 0 Å². The Morgan fingerprint density at radius 3 is 2.31 bits per heavy atom. The number of pyridine rings is 2. The number of aryl methyl sites for hydroxylation is 3. The van der Waals surface area contributed by atoms with Crippen molar-refractivity contribution in [3.05, 3.63) is 95.1 Å². The van der Waals surface area contributed by atoms with Crippen LogP contribution in [0, 0.1) is 13.8 Å². The van der Waals surface area contributed by atoms with Crippen molar-refractivity contribution in [2.45, 2.75) is 38.6 Å². The monoisotopic (exact) mass is 388 g/mol. The zero-order valence-electron chi connectivity index (χ0n) is 17.1. The van der Waals surface area contributed by atoms with Crippen molar-refractivity contribution in [3.63, 3.8) is 0 Å². The first-order chi connectivity index (χ1) is 14.0. The van der Waals surface area contributed by atoms with Crippen molar-refractivity contribution in [1.29, 1.82) is 0 Å². The summed E-state index contributed by atoms with van der Waals surface area (Å²) in [4.78, 5) is 21.1. The Kier molecular flexibility index (Phi) is 6.73. The number of benzene rings is 1. The highest BCUT2D eigenvalue weighted by molar-refractivity contribution is 5.86. The SMILES string of the molecule is Cc1cc(C)cc(C(CCc2cccnc2)(NCCc2ccncc2)C(N)=O)c1. The van der Waals surface area contributed by atoms with Gasteiger partial charge in [0.2, 0.25) is 5.91 Å². The van der Waals surface area contributed by atoms with Gasteiger partial charge in [-0.25, -0.2) is 0 Å². The summed E-state index contributed by atoms with van der Waals surface area (Å²) in [6, 6.07) is 14.1. The van der Waals surface area contributed by atoms with Crippen molar-refractivity contribution in [1.82, 2.24) is 15.3 Å². The van der Waals surface area contributed by atoms with E-state index in [-0.39, 0.29) is 5.91 Å². The number of nitrogens with one attached hydrogen (secondary N) is 1. The highest BCUT2D eigenvalue weighted by Gasteiger charge is 2.38. The first kappa shape index (κ1) is 20.7. The number of aromatic nitrogens is 2. The number of hydrogen-bond donors (Lipinski definition) is 2. The molecule has 1 unspecified atom stereocenters. The largest absolute Gasteiger partial charge is 0.368 e. The summed E-state index contributed by atoms with van der Waals surface area (Å²) in [6.07, 6.45) is 9.20. The van der Waals surface area contributed by atoms with Crippen LogP contribution in [0.3, 0.4) is 0 Å². The molecule has 0 aliphatic carbocycles. The molecule has 0 spiro atoms. The minimum absolute atomic E-state index is 0.360. The van der Waals surface area contributed by atoms with Crippen LogP contribution in [0.2, 0.25) is 0 Å². The number of hydrogen-bond acceptors (Lipinski definition) is 4. The number of amides is 1. The molecule has 5 heteroatoms. The molecule has 1 amide bonds. The fourth-order valence-corrected chi connectivity index (χ4v) is 3.76. The summed E-state index contributed by atoms with van der Waals surface area (Å²) in [5.41, 5.74) is 10.5. The van der Waals surface area contributed by atoms with E-state index in [1.165, 1.54) is 5.56 Å². The number of rotatable bonds is 9. The summed E-state index contributed by atoms with van der Waals surface area (Å²) in [7, 11) is 0. The lowest BCUT2D eigenvalue weighted by Crippen LogP contribution is -2.53. The summed E-state index contributed by atoms with van der Waals surface area (Å²) >= 11 is 0. The smallest absolute Gasteiger partial charge is 0.242 e. The standard InChI is InChI=1S/C24H28N4O/c1-18-14-19(2)16-22(15-18)24(23(25)29,9-5-21-4-3-10-27-17-21)28-13-8-20-6-11-26-12-7-20/h3-4,6-7,10-12,14-17,28H,5,8-9,13H2,1-2H3,(H2,25,29). The van der Waals surface area contributed by atoms with Gasteiger partial charge in [-0.05, 0) is 68.0 Å². The average Bonchev–Trinajstić information content (AvgIpc) is 2.71. The topological polar surface area (TPSA) is 80.9 Å². The fourth-order valence-electron chi connectivity index (χ4n) is 3.76. The molecule has 2 heterocycles. The lowest BCUT2D eigenvalue weighted by molar-refractivity contribution is -0.125. The maximum atomic E-state index is 12.8. The van der Waals surface area contributed by atoms with Crippen molar-refractivity contribution < 1.29 is 4.79 Å². The Balaban J connectivity index is 1.89. The Morgan fingerprint density at radius 2 is 1.69 bits per heavy atom. The van der Waals surface area contributed by atoms with Crippen LogP contribution in [0.5, 0.6) is 0 Å². The molecular weight excluding hydrogens is 360 g/mol. The lowest BCUT2D eigenvalue weighted by atomic mass is 9.82. The average molecular weight is 389 g/mol. The molecule has 0 aliphatic heterocycles. The van der Waals surface area contributed by atoms with E-state index in [0.29, 0.717) is 19.4 Å². The number of carbonyl (C=O) groups excluding carboxylic acids is 1. The molecule has 2 aromatic heterocycles. The molecule has 0 radical (unpaired) electrons. The van der Waals surface area contributed by atoms with Gasteiger partial charge in [0.1, 0.15) is 5.54 Å². The van der Waals surface area contributed by atoms with Crippen LogP contribution in [-0.2, 0) is 23.2 Å². The fraction of sp³-hybridized carbons (Fsp3) is 0.292. The second kappa shape index (κ2) is 9.43. The summed E-state index contributed by atoms with van der Waals surface area (Å²) < 4.78 is 0. The van der Waals surface area contributed by atoms with Gasteiger partial charge in [-0.15, -0.1) is 0 Å². The molecule has 0 saturated carbocycles. The number of primary amides is 1. The molecule has 1 atom stereocenters. The van der Waals surface area contributed by atoms with Crippen molar-refractivity contribution in [3.8, 4) is 0 Å². The number of nitrogens with zero attached hydrogens (tertiary/aromatic N) is 2. The Hall–Kier alpha value is -3.05. The maximum Gasteiger partial charge on any atom is 0.242 e. The van der Waals surface area contributed by atoms with Gasteiger partial charge in [0.25, 0.3) is 0 Å². The number of carbonyl (C=O) groups is 1. The van der Waals surface area contributed by atoms with Crippen molar-refractivity contribution in [2.24, 2.45) is 5.73 Å². The predicted octanol–water partition coefficient (Wildman–Crippen LogP) is 3.24. The van der Waals surface area contributed by atoms with E-state index in [0.717, 1.165) is 28.7 Å². The molecular formula is C24H28N4O. The van der Waals surface area contributed by atoms with Gasteiger partial charge in [-0.3, -0.25) is 20.1 Å². The van der Waals surface area contributed by atoms with Gasteiger partial charge in [0.15, 0.2) is 0 Å². The molecule has 0 saturated heterocycles. The first-order valence-corrected chi connectivity index (χ1v) is 9.91. The predicted molar refractivity (Wildman–Crippen MR) is 115 cm³/mol. The summed E-state index contributed by atoms with van der Waals surface area (Å²) in [5.74, 6) is -0.360. The third-order valence-electron chi connectivity index (χ3n) is 5.24. The van der Waals surface area contributed by atoms with E-state index < -0.39 is 5.54 Å². The number of nitrogens with two attached hydrogens (primary N) is 1. The molecule has 0 aliphatic rings. The first-order valence-electron chi connectivity index (χ1n) is 9.91. The molecule has 3 N–H and O–H groups in total. The van der Waals surface area contributed by atoms with Crippen LogP contribution in [0.1, 0.15) is 34.2 Å². The molecule has 0 fully saturated rings. The van der Waals surface area contributed by atoms with E-state index in [4.69, 9.17) is 5.73 Å². The molecule has 29 heavy (non-hydrogen) atoms. The van der Waals surface area contributed by atoms with Crippen LogP contribution in [-0.4, -0.2) is 22.4 Å². The zero-order valence-corrected chi connectivity index (χ0v) is 17.1. The molecule has 1 aromatic carbocycles. The Morgan fingerprint density at radius 1 is 0.966 bits per heavy atom. The van der Waals surface area contributed by atoms with E-state index in [2.05, 4.69) is 33.5 Å². The van der Waals surface area contributed by atoms with Gasteiger partial charge in [-0.2, -0.15) is 0 Å². The minimum atomic E-state index is -0.945. The summed E-state index contributed by atoms with van der Waals surface area (Å²) in [6.45, 7) is 4.72. The van der Waals surface area contributed by atoms with Gasteiger partial charge in [0, 0.05) is 31.3 Å². The molecule has 5 nitrogen and oxygen atoms in total. The minimum Gasteiger partial charge on any atom is -0.368 e. The summed E-state index contributed by atoms with van der Waals surface area (Å²) in [5, 5.41) is 3.51. The molecule has 0 bridgehead atoms. The van der Waals surface area contributed by atoms with Gasteiger partial charge in [0.05, 0.1) is 0 Å². The second-order valence-corrected chi connectivity index (χ2v) is 7.54. The third-order valence-corrected chi connectivity index (χ3v) is 5.24. The van der Waals surface area contributed by atoms with Crippen molar-refractivity contribution in [2.75, 3.05) is 6.54 Å². The van der Waals surface area contributed by atoms with Gasteiger partial charge < -0.3 is 5.73 Å².